The molecular weight excluding hydrogens is 283 g/mol. The molecule has 2 aromatic rings. The van der Waals surface area contributed by atoms with Gasteiger partial charge in [-0.3, -0.25) is 4.79 Å². The van der Waals surface area contributed by atoms with Crippen LogP contribution in [0.2, 0.25) is 0 Å². The topological polar surface area (TPSA) is 79.3 Å². The van der Waals surface area contributed by atoms with Crippen molar-refractivity contribution >= 4 is 29.1 Å². The lowest BCUT2D eigenvalue weighted by atomic mass is 9.90. The van der Waals surface area contributed by atoms with E-state index in [-0.39, 0.29) is 29.6 Å². The minimum Gasteiger partial charge on any atom is -0.476 e. The Hall–Kier alpha value is -2.28. The molecule has 0 saturated carbocycles. The first-order chi connectivity index (χ1) is 9.56. The Balaban J connectivity index is 2.11. The van der Waals surface area contributed by atoms with Gasteiger partial charge in [-0.1, -0.05) is 12.1 Å². The molecular formula is C13H9FN2O3S. The molecule has 102 valence electrons. The second kappa shape index (κ2) is 4.68. The highest BCUT2D eigenvalue weighted by Crippen LogP contribution is 2.41. The average Bonchev–Trinajstić information content (AvgIpc) is 2.81. The van der Waals surface area contributed by atoms with E-state index in [0.717, 1.165) is 11.5 Å². The van der Waals surface area contributed by atoms with Crippen LogP contribution in [0.4, 0.5) is 10.1 Å². The van der Waals surface area contributed by atoms with Crippen molar-refractivity contribution in [3.63, 3.8) is 0 Å². The number of aromatic carboxylic acids is 1. The van der Waals surface area contributed by atoms with Crippen LogP contribution < -0.4 is 5.32 Å². The fourth-order valence-corrected chi connectivity index (χ4v) is 3.21. The number of aromatic nitrogens is 1. The zero-order valence-electron chi connectivity index (χ0n) is 10.1. The van der Waals surface area contributed by atoms with Crippen molar-refractivity contribution in [1.29, 1.82) is 0 Å². The van der Waals surface area contributed by atoms with Crippen LogP contribution in [0.1, 0.15) is 33.3 Å². The third-order valence-electron chi connectivity index (χ3n) is 3.14. The van der Waals surface area contributed by atoms with Crippen molar-refractivity contribution in [2.24, 2.45) is 0 Å². The molecule has 1 aliphatic rings. The van der Waals surface area contributed by atoms with E-state index >= 15 is 0 Å². The molecule has 1 aromatic carbocycles. The van der Waals surface area contributed by atoms with Crippen molar-refractivity contribution in [2.75, 3.05) is 5.32 Å². The van der Waals surface area contributed by atoms with Gasteiger partial charge in [0.1, 0.15) is 5.82 Å². The number of benzene rings is 1. The minimum absolute atomic E-state index is 0.151. The largest absolute Gasteiger partial charge is 0.476 e. The third-order valence-corrected chi connectivity index (χ3v) is 4.10. The number of rotatable bonds is 2. The van der Waals surface area contributed by atoms with Crippen molar-refractivity contribution < 1.29 is 19.1 Å². The van der Waals surface area contributed by atoms with Gasteiger partial charge >= 0.3 is 5.97 Å². The van der Waals surface area contributed by atoms with E-state index in [4.69, 9.17) is 5.11 Å². The minimum atomic E-state index is -1.19. The molecule has 7 heteroatoms. The van der Waals surface area contributed by atoms with Gasteiger partial charge in [0.2, 0.25) is 5.91 Å². The number of halogens is 1. The molecule has 1 amide bonds. The third kappa shape index (κ3) is 2.05. The summed E-state index contributed by atoms with van der Waals surface area (Å²) in [6.07, 6.45) is 0.151. The van der Waals surface area contributed by atoms with Crippen molar-refractivity contribution in [2.45, 2.75) is 12.3 Å². The highest BCUT2D eigenvalue weighted by molar-refractivity contribution is 7.06. The van der Waals surface area contributed by atoms with Gasteiger partial charge in [0.25, 0.3) is 0 Å². The van der Waals surface area contributed by atoms with E-state index in [1.807, 2.05) is 0 Å². The summed E-state index contributed by atoms with van der Waals surface area (Å²) in [4.78, 5) is 23.5. The lowest BCUT2D eigenvalue weighted by molar-refractivity contribution is -0.116. The van der Waals surface area contributed by atoms with Gasteiger partial charge in [0, 0.05) is 12.3 Å². The average molecular weight is 292 g/mol. The van der Waals surface area contributed by atoms with E-state index in [2.05, 4.69) is 9.69 Å². The van der Waals surface area contributed by atoms with Crippen LogP contribution in [0.25, 0.3) is 0 Å². The molecule has 3 rings (SSSR count). The Morgan fingerprint density at radius 2 is 2.30 bits per heavy atom. The van der Waals surface area contributed by atoms with Crippen molar-refractivity contribution in [3.05, 3.63) is 46.2 Å². The number of amides is 1. The number of carboxylic acids is 1. The fourth-order valence-electron chi connectivity index (χ4n) is 2.27. The van der Waals surface area contributed by atoms with Crippen LogP contribution >= 0.6 is 11.5 Å². The first kappa shape index (κ1) is 12.7. The van der Waals surface area contributed by atoms with Gasteiger partial charge in [-0.05, 0) is 29.2 Å². The van der Waals surface area contributed by atoms with E-state index in [0.29, 0.717) is 10.4 Å². The van der Waals surface area contributed by atoms with Crippen LogP contribution in [-0.4, -0.2) is 21.4 Å². The van der Waals surface area contributed by atoms with E-state index in [1.165, 1.54) is 12.1 Å². The van der Waals surface area contributed by atoms with Crippen LogP contribution in [-0.2, 0) is 4.79 Å². The molecule has 0 bridgehead atoms. The number of carboxylic acid groups (broad SMARTS) is 1. The Morgan fingerprint density at radius 3 is 3.00 bits per heavy atom. The first-order valence-corrected chi connectivity index (χ1v) is 6.62. The predicted octanol–water partition coefficient (Wildman–Crippen LogP) is 2.45. The maximum Gasteiger partial charge on any atom is 0.357 e. The van der Waals surface area contributed by atoms with Crippen LogP contribution in [0.15, 0.2) is 24.3 Å². The Morgan fingerprint density at radius 1 is 1.50 bits per heavy atom. The molecule has 2 N–H and O–H groups in total. The van der Waals surface area contributed by atoms with E-state index in [9.17, 15) is 14.0 Å². The molecule has 0 fully saturated rings. The monoisotopic (exact) mass is 292 g/mol. The summed E-state index contributed by atoms with van der Waals surface area (Å²) in [5, 5.41) is 11.6. The number of nitrogens with one attached hydrogen (secondary N) is 1. The maximum atomic E-state index is 13.3. The number of anilines is 1. The van der Waals surface area contributed by atoms with Gasteiger partial charge in [0.15, 0.2) is 5.69 Å². The standard InChI is InChI=1S/C13H9FN2O3S/c14-7-3-1-2-6(4-7)8-5-9(17)15-10-11(13(18)19)16-20-12(8)10/h1-4,8H,5H2,(H,15,17)(H,18,19)/t8-/m0/s1. The van der Waals surface area contributed by atoms with E-state index in [1.54, 1.807) is 12.1 Å². The molecule has 0 saturated heterocycles. The molecule has 5 nitrogen and oxygen atoms in total. The quantitative estimate of drug-likeness (QED) is 0.891. The summed E-state index contributed by atoms with van der Waals surface area (Å²) >= 11 is 1.02. The fraction of sp³-hybridized carbons (Fsp3) is 0.154. The molecule has 2 heterocycles. The highest BCUT2D eigenvalue weighted by atomic mass is 32.1. The number of hydrogen-bond acceptors (Lipinski definition) is 4. The maximum absolute atomic E-state index is 13.3. The molecule has 0 aliphatic carbocycles. The summed E-state index contributed by atoms with van der Waals surface area (Å²) in [7, 11) is 0. The summed E-state index contributed by atoms with van der Waals surface area (Å²) in [5.74, 6) is -2.24. The van der Waals surface area contributed by atoms with Gasteiger partial charge in [-0.25, -0.2) is 9.18 Å². The molecule has 1 aliphatic heterocycles. The molecule has 1 atom stereocenters. The Kier molecular flexibility index (Phi) is 2.98. The highest BCUT2D eigenvalue weighted by Gasteiger charge is 2.33. The van der Waals surface area contributed by atoms with Gasteiger partial charge in [0.05, 0.1) is 10.6 Å². The first-order valence-electron chi connectivity index (χ1n) is 5.84. The molecule has 0 spiro atoms. The molecule has 0 unspecified atom stereocenters. The Bertz CT molecular complexity index is 713. The molecule has 0 radical (unpaired) electrons. The molecule has 1 aromatic heterocycles. The van der Waals surface area contributed by atoms with E-state index < -0.39 is 11.8 Å². The van der Waals surface area contributed by atoms with Crippen LogP contribution in [0.5, 0.6) is 0 Å². The van der Waals surface area contributed by atoms with Crippen molar-refractivity contribution in [3.8, 4) is 0 Å². The number of hydrogen-bond donors (Lipinski definition) is 2. The van der Waals surface area contributed by atoms with Gasteiger partial charge in [-0.15, -0.1) is 0 Å². The van der Waals surface area contributed by atoms with Crippen molar-refractivity contribution in [1.82, 2.24) is 4.37 Å². The zero-order chi connectivity index (χ0) is 14.3. The number of carbonyl (C=O) groups excluding carboxylic acids is 1. The van der Waals surface area contributed by atoms with Crippen LogP contribution in [0.3, 0.4) is 0 Å². The number of nitrogens with zero attached hydrogens (tertiary/aromatic N) is 1. The lowest BCUT2D eigenvalue weighted by Crippen LogP contribution is -2.23. The summed E-state index contributed by atoms with van der Waals surface area (Å²) in [5.41, 5.74) is 0.703. The predicted molar refractivity (Wildman–Crippen MR) is 70.6 cm³/mol. The number of carbonyl (C=O) groups is 2. The van der Waals surface area contributed by atoms with Gasteiger partial charge in [-0.2, -0.15) is 4.37 Å². The Labute approximate surface area is 117 Å². The smallest absolute Gasteiger partial charge is 0.357 e. The van der Waals surface area contributed by atoms with Gasteiger partial charge < -0.3 is 10.4 Å². The SMILES string of the molecule is O=C1C[C@@H](c2cccc(F)c2)c2snc(C(=O)O)c2N1. The second-order valence-electron chi connectivity index (χ2n) is 4.44. The second-order valence-corrected chi connectivity index (χ2v) is 5.24. The number of fused-ring (bicyclic) bond motifs is 1. The molecule has 20 heavy (non-hydrogen) atoms. The van der Waals surface area contributed by atoms with Crippen LogP contribution in [0, 0.1) is 5.82 Å². The summed E-state index contributed by atoms with van der Waals surface area (Å²) in [6, 6.07) is 5.96. The summed E-state index contributed by atoms with van der Waals surface area (Å²) in [6.45, 7) is 0. The zero-order valence-corrected chi connectivity index (χ0v) is 10.9. The summed E-state index contributed by atoms with van der Waals surface area (Å²) < 4.78 is 17.2. The normalized spacial score (nSPS) is 17.4. The lowest BCUT2D eigenvalue weighted by Gasteiger charge is -2.22.